The highest BCUT2D eigenvalue weighted by Gasteiger charge is 2.45. The van der Waals surface area contributed by atoms with Crippen LogP contribution in [0.5, 0.6) is 0 Å². The highest BCUT2D eigenvalue weighted by atomic mass is 16.2. The first-order valence-corrected chi connectivity index (χ1v) is 12.2. The Labute approximate surface area is 194 Å². The van der Waals surface area contributed by atoms with Crippen molar-refractivity contribution in [1.82, 2.24) is 20.0 Å². The molecule has 2 bridgehead atoms. The maximum Gasteiger partial charge on any atom is 0.320 e. The Morgan fingerprint density at radius 1 is 1.06 bits per heavy atom. The quantitative estimate of drug-likeness (QED) is 0.749. The number of nitrogens with one attached hydrogen (secondary N) is 1. The minimum absolute atomic E-state index is 0.0230. The van der Waals surface area contributed by atoms with Crippen molar-refractivity contribution >= 4 is 17.8 Å². The number of benzene rings is 1. The van der Waals surface area contributed by atoms with Gasteiger partial charge in [-0.3, -0.25) is 9.59 Å². The molecule has 4 heterocycles. The second-order valence-electron chi connectivity index (χ2n) is 9.98. The van der Waals surface area contributed by atoms with Gasteiger partial charge in [0, 0.05) is 56.8 Å². The Morgan fingerprint density at radius 3 is 2.67 bits per heavy atom. The molecule has 174 valence electrons. The van der Waals surface area contributed by atoms with Gasteiger partial charge in [0.15, 0.2) is 0 Å². The van der Waals surface area contributed by atoms with Crippen molar-refractivity contribution in [3.63, 3.8) is 0 Å². The number of rotatable bonds is 2. The third kappa shape index (κ3) is 4.41. The van der Waals surface area contributed by atoms with Gasteiger partial charge in [0.2, 0.25) is 5.91 Å². The SMILES string of the molecule is N#Cc1cccc(C(=O)NC2CCN(C(=O)N3CC4CC(C3)[C@H]3CCCC(=O)N3C4)CC2)c1. The summed E-state index contributed by atoms with van der Waals surface area (Å²) in [6.07, 6.45) is 5.28. The molecule has 4 aliphatic rings. The number of fused-ring (bicyclic) bond motifs is 4. The van der Waals surface area contributed by atoms with Gasteiger partial charge in [0.05, 0.1) is 11.6 Å². The molecule has 5 rings (SSSR count). The minimum Gasteiger partial charge on any atom is -0.349 e. The van der Waals surface area contributed by atoms with Gasteiger partial charge in [-0.25, -0.2) is 4.79 Å². The van der Waals surface area contributed by atoms with Crippen molar-refractivity contribution < 1.29 is 14.4 Å². The number of nitriles is 1. The average Bonchev–Trinajstić information content (AvgIpc) is 2.84. The molecule has 0 saturated carbocycles. The van der Waals surface area contributed by atoms with Gasteiger partial charge < -0.3 is 20.0 Å². The largest absolute Gasteiger partial charge is 0.349 e. The summed E-state index contributed by atoms with van der Waals surface area (Å²) in [5.41, 5.74) is 0.956. The molecule has 8 heteroatoms. The number of likely N-dealkylation sites (tertiary alicyclic amines) is 2. The molecule has 4 aliphatic heterocycles. The summed E-state index contributed by atoms with van der Waals surface area (Å²) in [5.74, 6) is 0.898. The summed E-state index contributed by atoms with van der Waals surface area (Å²) < 4.78 is 0. The molecule has 3 atom stereocenters. The normalized spacial score (nSPS) is 27.5. The first kappa shape index (κ1) is 21.7. The molecule has 4 fully saturated rings. The molecule has 0 aliphatic carbocycles. The second kappa shape index (κ2) is 9.05. The van der Waals surface area contributed by atoms with E-state index in [0.29, 0.717) is 54.4 Å². The van der Waals surface area contributed by atoms with Gasteiger partial charge in [0.1, 0.15) is 0 Å². The number of hydrogen-bond acceptors (Lipinski definition) is 4. The predicted octanol–water partition coefficient (Wildman–Crippen LogP) is 2.21. The Bertz CT molecular complexity index is 980. The summed E-state index contributed by atoms with van der Waals surface area (Å²) in [6.45, 7) is 3.53. The van der Waals surface area contributed by atoms with Crippen molar-refractivity contribution in [3.05, 3.63) is 35.4 Å². The van der Waals surface area contributed by atoms with Crippen molar-refractivity contribution in [1.29, 1.82) is 5.26 Å². The zero-order valence-electron chi connectivity index (χ0n) is 18.9. The van der Waals surface area contributed by atoms with Crippen LogP contribution < -0.4 is 5.32 Å². The zero-order valence-corrected chi connectivity index (χ0v) is 18.9. The van der Waals surface area contributed by atoms with Crippen molar-refractivity contribution in [2.75, 3.05) is 32.7 Å². The summed E-state index contributed by atoms with van der Waals surface area (Å²) in [5, 5.41) is 12.1. The van der Waals surface area contributed by atoms with Crippen LogP contribution >= 0.6 is 0 Å². The lowest BCUT2D eigenvalue weighted by Crippen LogP contribution is -2.62. The number of nitrogens with zero attached hydrogens (tertiary/aromatic N) is 4. The number of piperidine rings is 4. The minimum atomic E-state index is -0.174. The van der Waals surface area contributed by atoms with Gasteiger partial charge in [-0.05, 0) is 62.1 Å². The molecule has 4 amide bonds. The lowest BCUT2D eigenvalue weighted by Gasteiger charge is -2.53. The van der Waals surface area contributed by atoms with E-state index in [-0.39, 0.29) is 18.0 Å². The molecule has 0 aromatic heterocycles. The standard InChI is InChI=1S/C25H31N5O3/c26-13-17-3-1-4-19(11-17)24(32)27-21-7-9-28(10-8-21)25(33)29-14-18-12-20(16-29)22-5-2-6-23(31)30(22)15-18/h1,3-4,11,18,20-22H,2,5-10,12,14-16H2,(H,27,32)/t18?,20?,22-/m1/s1. The van der Waals surface area contributed by atoms with E-state index in [1.807, 2.05) is 9.80 Å². The summed E-state index contributed by atoms with van der Waals surface area (Å²) in [6, 6.07) is 9.19. The summed E-state index contributed by atoms with van der Waals surface area (Å²) >= 11 is 0. The van der Waals surface area contributed by atoms with Gasteiger partial charge in [-0.15, -0.1) is 0 Å². The number of urea groups is 1. The number of carbonyl (C=O) groups is 3. The van der Waals surface area contributed by atoms with Crippen LogP contribution in [0.3, 0.4) is 0 Å². The van der Waals surface area contributed by atoms with Crippen LogP contribution in [0.2, 0.25) is 0 Å². The van der Waals surface area contributed by atoms with E-state index in [1.54, 1.807) is 24.3 Å². The van der Waals surface area contributed by atoms with E-state index in [4.69, 9.17) is 5.26 Å². The fourth-order valence-electron chi connectivity index (χ4n) is 6.18. The average molecular weight is 450 g/mol. The van der Waals surface area contributed by atoms with Crippen LogP contribution in [0, 0.1) is 23.2 Å². The molecular weight excluding hydrogens is 418 g/mol. The second-order valence-corrected chi connectivity index (χ2v) is 9.98. The smallest absolute Gasteiger partial charge is 0.320 e. The molecule has 4 saturated heterocycles. The zero-order chi connectivity index (χ0) is 22.9. The van der Waals surface area contributed by atoms with Crippen LogP contribution in [-0.4, -0.2) is 77.4 Å². The molecule has 33 heavy (non-hydrogen) atoms. The first-order chi connectivity index (χ1) is 16.0. The first-order valence-electron chi connectivity index (χ1n) is 12.2. The van der Waals surface area contributed by atoms with E-state index < -0.39 is 0 Å². The van der Waals surface area contributed by atoms with E-state index >= 15 is 0 Å². The number of carbonyl (C=O) groups excluding carboxylic acids is 3. The van der Waals surface area contributed by atoms with Gasteiger partial charge in [-0.2, -0.15) is 5.26 Å². The lowest BCUT2D eigenvalue weighted by molar-refractivity contribution is -0.144. The maximum atomic E-state index is 13.3. The van der Waals surface area contributed by atoms with Crippen molar-refractivity contribution in [2.24, 2.45) is 11.8 Å². The third-order valence-electron chi connectivity index (χ3n) is 7.80. The van der Waals surface area contributed by atoms with Gasteiger partial charge in [0.25, 0.3) is 5.91 Å². The molecule has 2 unspecified atom stereocenters. The number of amides is 4. The van der Waals surface area contributed by atoms with E-state index in [1.165, 1.54) is 0 Å². The molecular formula is C25H31N5O3. The van der Waals surface area contributed by atoms with Crippen LogP contribution in [0.4, 0.5) is 4.79 Å². The Hall–Kier alpha value is -3.08. The van der Waals surface area contributed by atoms with E-state index in [0.717, 1.165) is 51.7 Å². The lowest BCUT2D eigenvalue weighted by atomic mass is 9.76. The maximum absolute atomic E-state index is 13.3. The Balaban J connectivity index is 1.14. The van der Waals surface area contributed by atoms with E-state index in [9.17, 15) is 14.4 Å². The Morgan fingerprint density at radius 2 is 1.88 bits per heavy atom. The molecule has 0 radical (unpaired) electrons. The molecule has 1 N–H and O–H groups in total. The van der Waals surface area contributed by atoms with Crippen molar-refractivity contribution in [2.45, 2.75) is 50.6 Å². The fourth-order valence-corrected chi connectivity index (χ4v) is 6.18. The molecule has 1 aromatic rings. The molecule has 8 nitrogen and oxygen atoms in total. The molecule has 1 aromatic carbocycles. The van der Waals surface area contributed by atoms with Crippen LogP contribution in [-0.2, 0) is 4.79 Å². The van der Waals surface area contributed by atoms with Crippen LogP contribution in [0.15, 0.2) is 24.3 Å². The highest BCUT2D eigenvalue weighted by Crippen LogP contribution is 2.38. The van der Waals surface area contributed by atoms with Crippen LogP contribution in [0.25, 0.3) is 0 Å². The molecule has 0 spiro atoms. The fraction of sp³-hybridized carbons (Fsp3) is 0.600. The summed E-state index contributed by atoms with van der Waals surface area (Å²) in [4.78, 5) is 44.2. The van der Waals surface area contributed by atoms with Crippen LogP contribution in [0.1, 0.15) is 54.4 Å². The third-order valence-corrected chi connectivity index (χ3v) is 7.80. The van der Waals surface area contributed by atoms with Gasteiger partial charge in [-0.1, -0.05) is 6.07 Å². The van der Waals surface area contributed by atoms with Gasteiger partial charge >= 0.3 is 6.03 Å². The monoisotopic (exact) mass is 449 g/mol. The topological polar surface area (TPSA) is 96.7 Å². The predicted molar refractivity (Wildman–Crippen MR) is 121 cm³/mol. The highest BCUT2D eigenvalue weighted by molar-refractivity contribution is 5.94. The Kier molecular flexibility index (Phi) is 5.96. The van der Waals surface area contributed by atoms with Crippen molar-refractivity contribution in [3.8, 4) is 6.07 Å². The number of hydrogen-bond donors (Lipinski definition) is 1. The van der Waals surface area contributed by atoms with E-state index in [2.05, 4.69) is 16.3 Å². The summed E-state index contributed by atoms with van der Waals surface area (Å²) in [7, 11) is 0.